The topological polar surface area (TPSA) is 17.1 Å². The van der Waals surface area contributed by atoms with Gasteiger partial charge in [-0.05, 0) is 36.2 Å². The average Bonchev–Trinajstić information content (AvgIpc) is 2.50. The van der Waals surface area contributed by atoms with Crippen molar-refractivity contribution in [3.63, 3.8) is 0 Å². The third-order valence-electron chi connectivity index (χ3n) is 3.88. The minimum atomic E-state index is -2.65. The van der Waals surface area contributed by atoms with Crippen LogP contribution in [0, 0.1) is 5.41 Å². The van der Waals surface area contributed by atoms with Gasteiger partial charge in [-0.3, -0.25) is 4.21 Å². The predicted molar refractivity (Wildman–Crippen MR) is 94.3 cm³/mol. The van der Waals surface area contributed by atoms with E-state index in [0.717, 1.165) is 12.8 Å². The molecule has 0 saturated carbocycles. The highest BCUT2D eigenvalue weighted by atomic mass is 32.8. The monoisotopic (exact) mass is 316 g/mol. The van der Waals surface area contributed by atoms with Crippen molar-refractivity contribution in [3.05, 3.63) is 79.9 Å². The number of hydrogen-bond acceptors (Lipinski definition) is 2. The predicted octanol–water partition coefficient (Wildman–Crippen LogP) is 4.43. The summed E-state index contributed by atoms with van der Waals surface area (Å²) < 4.78 is 13.3. The van der Waals surface area contributed by atoms with E-state index >= 15 is 0 Å². The molecule has 0 bridgehead atoms. The van der Waals surface area contributed by atoms with Crippen LogP contribution >= 0.6 is 0 Å². The lowest BCUT2D eigenvalue weighted by Gasteiger charge is -2.38. The molecule has 0 fully saturated rings. The molecule has 3 heteroatoms. The molecular formula is C18H20OS2. The molecule has 0 aromatic heterocycles. The Kier molecular flexibility index (Phi) is 4.96. The molecule has 1 aliphatic carbocycles. The van der Waals surface area contributed by atoms with E-state index in [1.54, 1.807) is 6.08 Å². The van der Waals surface area contributed by atoms with Crippen molar-refractivity contribution in [2.24, 2.45) is 5.41 Å². The first-order chi connectivity index (χ1) is 10.1. The van der Waals surface area contributed by atoms with Crippen LogP contribution in [0.3, 0.4) is 0 Å². The molecule has 3 atom stereocenters. The van der Waals surface area contributed by atoms with E-state index in [2.05, 4.69) is 25.3 Å². The van der Waals surface area contributed by atoms with Crippen LogP contribution < -0.4 is 0 Å². The molecule has 3 unspecified atom stereocenters. The summed E-state index contributed by atoms with van der Waals surface area (Å²) in [5, 5.41) is -0.304. The number of rotatable bonds is 6. The van der Waals surface area contributed by atoms with Crippen molar-refractivity contribution in [2.75, 3.05) is 0 Å². The van der Waals surface area contributed by atoms with E-state index in [4.69, 9.17) is 11.2 Å². The molecule has 0 aliphatic heterocycles. The van der Waals surface area contributed by atoms with Gasteiger partial charge in [0.25, 0.3) is 0 Å². The molecule has 0 radical (unpaired) electrons. The van der Waals surface area contributed by atoms with Gasteiger partial charge in [-0.15, -0.1) is 13.2 Å². The lowest BCUT2D eigenvalue weighted by atomic mass is 9.75. The van der Waals surface area contributed by atoms with Crippen LogP contribution in [0.2, 0.25) is 0 Å². The third kappa shape index (κ3) is 3.09. The van der Waals surface area contributed by atoms with Crippen LogP contribution in [0.5, 0.6) is 0 Å². The smallest absolute Gasteiger partial charge is 0.0689 e. The zero-order valence-electron chi connectivity index (χ0n) is 12.0. The van der Waals surface area contributed by atoms with Gasteiger partial charge in [0.1, 0.15) is 0 Å². The standard InChI is InChI=1S/C18H20OS2/c1-3-13-18(14-9-6-10-15-18)17(4-2)21(19,20)16-11-7-5-8-12-16/h3-12,14,17H,1-2,13,15H2. The fourth-order valence-electron chi connectivity index (χ4n) is 2.86. The summed E-state index contributed by atoms with van der Waals surface area (Å²) in [6.07, 6.45) is 13.4. The van der Waals surface area contributed by atoms with Gasteiger partial charge in [-0.2, -0.15) is 0 Å². The summed E-state index contributed by atoms with van der Waals surface area (Å²) in [6.45, 7) is 7.77. The van der Waals surface area contributed by atoms with E-state index in [-0.39, 0.29) is 10.7 Å². The maximum Gasteiger partial charge on any atom is 0.0689 e. The van der Waals surface area contributed by atoms with Crippen LogP contribution in [0.15, 0.2) is 84.8 Å². The Hall–Kier alpha value is -1.45. The molecule has 110 valence electrons. The largest absolute Gasteiger partial charge is 0.251 e. The molecule has 1 aromatic carbocycles. The molecule has 0 saturated heterocycles. The van der Waals surface area contributed by atoms with Crippen LogP contribution in [0.4, 0.5) is 0 Å². The number of allylic oxidation sites excluding steroid dienone is 5. The molecule has 1 aromatic rings. The molecule has 1 nitrogen and oxygen atoms in total. The highest BCUT2D eigenvalue weighted by Crippen LogP contribution is 2.42. The van der Waals surface area contributed by atoms with Gasteiger partial charge in [-0.25, -0.2) is 0 Å². The van der Waals surface area contributed by atoms with E-state index in [9.17, 15) is 4.21 Å². The minimum absolute atomic E-state index is 0.299. The first kappa shape index (κ1) is 15.9. The zero-order valence-corrected chi connectivity index (χ0v) is 13.6. The molecule has 0 heterocycles. The molecule has 0 amide bonds. The number of benzene rings is 1. The fraction of sp³-hybridized carbons (Fsp3) is 0.222. The Morgan fingerprint density at radius 2 is 2.00 bits per heavy atom. The maximum atomic E-state index is 13.3. The maximum absolute atomic E-state index is 13.3. The highest BCUT2D eigenvalue weighted by molar-refractivity contribution is 8.33. The van der Waals surface area contributed by atoms with Crippen molar-refractivity contribution in [2.45, 2.75) is 23.0 Å². The van der Waals surface area contributed by atoms with Crippen LogP contribution in [-0.2, 0) is 19.7 Å². The Labute approximate surface area is 132 Å². The van der Waals surface area contributed by atoms with Gasteiger partial charge in [0.2, 0.25) is 0 Å². The lowest BCUT2D eigenvalue weighted by molar-refractivity contribution is 0.398. The summed E-state index contributed by atoms with van der Waals surface area (Å²) >= 11 is 5.56. The van der Waals surface area contributed by atoms with Crippen LogP contribution in [-0.4, -0.2) is 9.46 Å². The summed E-state index contributed by atoms with van der Waals surface area (Å²) in [6, 6.07) is 9.34. The first-order valence-electron chi connectivity index (χ1n) is 6.93. The SMILES string of the molecule is C=CCC1(C(C=C)S(=O)(=S)c2ccccc2)C=CC=CC1. The second kappa shape index (κ2) is 6.54. The second-order valence-electron chi connectivity index (χ2n) is 5.23. The molecule has 21 heavy (non-hydrogen) atoms. The summed E-state index contributed by atoms with van der Waals surface area (Å²) in [7, 11) is -2.65. The van der Waals surface area contributed by atoms with E-state index in [0.29, 0.717) is 4.90 Å². The van der Waals surface area contributed by atoms with Crippen molar-refractivity contribution in [1.29, 1.82) is 0 Å². The first-order valence-corrected chi connectivity index (χ1v) is 9.48. The highest BCUT2D eigenvalue weighted by Gasteiger charge is 2.40. The molecule has 0 spiro atoms. The van der Waals surface area contributed by atoms with Crippen molar-refractivity contribution < 1.29 is 4.21 Å². The minimum Gasteiger partial charge on any atom is -0.251 e. The van der Waals surface area contributed by atoms with E-state index in [1.165, 1.54) is 0 Å². The summed E-state index contributed by atoms with van der Waals surface area (Å²) in [5.74, 6) is 0. The van der Waals surface area contributed by atoms with Gasteiger partial charge in [-0.1, -0.05) is 54.7 Å². The quantitative estimate of drug-likeness (QED) is 0.722. The number of hydrogen-bond donors (Lipinski definition) is 0. The molecule has 1 aliphatic rings. The fourth-order valence-corrected chi connectivity index (χ4v) is 5.97. The van der Waals surface area contributed by atoms with Gasteiger partial charge >= 0.3 is 0 Å². The lowest BCUT2D eigenvalue weighted by Crippen LogP contribution is -2.38. The Morgan fingerprint density at radius 1 is 1.29 bits per heavy atom. The third-order valence-corrected chi connectivity index (χ3v) is 7.34. The zero-order chi connectivity index (χ0) is 15.3. The Morgan fingerprint density at radius 3 is 2.52 bits per heavy atom. The van der Waals surface area contributed by atoms with Crippen LogP contribution in [0.25, 0.3) is 0 Å². The molecular weight excluding hydrogens is 296 g/mol. The Balaban J connectivity index is 2.52. The van der Waals surface area contributed by atoms with Gasteiger partial charge in [0, 0.05) is 10.3 Å². The average molecular weight is 316 g/mol. The molecule has 2 rings (SSSR count). The van der Waals surface area contributed by atoms with E-state index in [1.807, 2.05) is 48.6 Å². The normalized spacial score (nSPS) is 25.0. The van der Waals surface area contributed by atoms with Gasteiger partial charge < -0.3 is 0 Å². The van der Waals surface area contributed by atoms with Crippen molar-refractivity contribution in [1.82, 2.24) is 0 Å². The second-order valence-corrected chi connectivity index (χ2v) is 8.79. The van der Waals surface area contributed by atoms with Gasteiger partial charge in [0.05, 0.1) is 13.7 Å². The summed E-state index contributed by atoms with van der Waals surface area (Å²) in [4.78, 5) is 0.705. The van der Waals surface area contributed by atoms with Crippen LogP contribution in [0.1, 0.15) is 12.8 Å². The molecule has 0 N–H and O–H groups in total. The van der Waals surface area contributed by atoms with Gasteiger partial charge in [0.15, 0.2) is 0 Å². The summed E-state index contributed by atoms with van der Waals surface area (Å²) in [5.41, 5.74) is -0.299. The van der Waals surface area contributed by atoms with Crippen molar-refractivity contribution in [3.8, 4) is 0 Å². The Bertz CT molecular complexity index is 664. The van der Waals surface area contributed by atoms with E-state index < -0.39 is 8.49 Å². The van der Waals surface area contributed by atoms with Crippen molar-refractivity contribution >= 4 is 19.7 Å².